The minimum absolute atomic E-state index is 0.215. The number of hydrogen-bond donors (Lipinski definition) is 0. The SMILES string of the molecule is N#Cc1ccccc1CS(=O)c1cccc(F)c1. The lowest BCUT2D eigenvalue weighted by Gasteiger charge is -2.04. The average Bonchev–Trinajstić information content (AvgIpc) is 2.39. The van der Waals surface area contributed by atoms with Gasteiger partial charge >= 0.3 is 0 Å². The third-order valence-electron chi connectivity index (χ3n) is 2.48. The van der Waals surface area contributed by atoms with E-state index in [-0.39, 0.29) is 5.75 Å². The number of hydrogen-bond acceptors (Lipinski definition) is 2. The molecule has 0 fully saturated rings. The van der Waals surface area contributed by atoms with E-state index in [1.807, 2.05) is 0 Å². The molecule has 0 aromatic heterocycles. The minimum Gasteiger partial charge on any atom is -0.254 e. The van der Waals surface area contributed by atoms with E-state index in [0.29, 0.717) is 16.0 Å². The normalized spacial score (nSPS) is 11.8. The number of benzene rings is 2. The molecule has 2 aromatic rings. The van der Waals surface area contributed by atoms with Crippen LogP contribution in [0.3, 0.4) is 0 Å². The summed E-state index contributed by atoms with van der Waals surface area (Å²) in [6.07, 6.45) is 0. The van der Waals surface area contributed by atoms with Crippen molar-refractivity contribution in [3.63, 3.8) is 0 Å². The van der Waals surface area contributed by atoms with Gasteiger partial charge in [0.2, 0.25) is 0 Å². The molecule has 0 bridgehead atoms. The van der Waals surface area contributed by atoms with Gasteiger partial charge in [-0.25, -0.2) is 4.39 Å². The summed E-state index contributed by atoms with van der Waals surface area (Å²) < 4.78 is 25.1. The van der Waals surface area contributed by atoms with Crippen LogP contribution < -0.4 is 0 Å². The maximum atomic E-state index is 13.0. The lowest BCUT2D eigenvalue weighted by Crippen LogP contribution is -1.99. The molecule has 2 nitrogen and oxygen atoms in total. The Bertz CT molecular complexity index is 634. The molecule has 0 saturated heterocycles. The third-order valence-corrected chi connectivity index (χ3v) is 3.84. The van der Waals surface area contributed by atoms with Crippen LogP contribution in [0.4, 0.5) is 4.39 Å². The zero-order valence-corrected chi connectivity index (χ0v) is 10.3. The molecular weight excluding hydrogens is 249 g/mol. The molecule has 0 amide bonds. The first-order valence-electron chi connectivity index (χ1n) is 5.32. The van der Waals surface area contributed by atoms with Crippen molar-refractivity contribution in [2.75, 3.05) is 0 Å². The zero-order chi connectivity index (χ0) is 13.0. The molecule has 0 aliphatic rings. The predicted molar refractivity (Wildman–Crippen MR) is 67.7 cm³/mol. The molecule has 1 atom stereocenters. The molecule has 1 unspecified atom stereocenters. The van der Waals surface area contributed by atoms with Crippen molar-refractivity contribution in [1.29, 1.82) is 5.26 Å². The van der Waals surface area contributed by atoms with Gasteiger partial charge in [-0.05, 0) is 29.8 Å². The summed E-state index contributed by atoms with van der Waals surface area (Å²) in [6, 6.07) is 14.8. The Kier molecular flexibility index (Phi) is 3.85. The van der Waals surface area contributed by atoms with Crippen molar-refractivity contribution in [2.24, 2.45) is 0 Å². The summed E-state index contributed by atoms with van der Waals surface area (Å²) >= 11 is 0. The molecule has 0 aliphatic carbocycles. The Morgan fingerprint density at radius 2 is 1.94 bits per heavy atom. The summed E-state index contributed by atoms with van der Waals surface area (Å²) in [4.78, 5) is 0.433. The van der Waals surface area contributed by atoms with E-state index in [2.05, 4.69) is 6.07 Å². The van der Waals surface area contributed by atoms with Gasteiger partial charge in [0.15, 0.2) is 0 Å². The van der Waals surface area contributed by atoms with Crippen LogP contribution in [0, 0.1) is 17.1 Å². The maximum Gasteiger partial charge on any atom is 0.124 e. The molecule has 0 radical (unpaired) electrons. The number of nitriles is 1. The Balaban J connectivity index is 2.25. The van der Waals surface area contributed by atoms with E-state index < -0.39 is 16.6 Å². The van der Waals surface area contributed by atoms with Crippen LogP contribution in [0.1, 0.15) is 11.1 Å². The standard InChI is InChI=1S/C14H10FNOS/c15-13-6-3-7-14(8-13)18(17)10-12-5-2-1-4-11(12)9-16/h1-8H,10H2. The molecule has 0 saturated carbocycles. The molecule has 4 heteroatoms. The number of halogens is 1. The van der Waals surface area contributed by atoms with E-state index in [9.17, 15) is 8.60 Å². The molecule has 0 aliphatic heterocycles. The monoisotopic (exact) mass is 259 g/mol. The molecule has 0 spiro atoms. The van der Waals surface area contributed by atoms with Crippen LogP contribution in [-0.4, -0.2) is 4.21 Å². The molecule has 0 heterocycles. The van der Waals surface area contributed by atoms with Gasteiger partial charge in [0, 0.05) is 4.90 Å². The Morgan fingerprint density at radius 3 is 2.67 bits per heavy atom. The van der Waals surface area contributed by atoms with Crippen LogP contribution in [-0.2, 0) is 16.6 Å². The number of nitrogens with zero attached hydrogens (tertiary/aromatic N) is 1. The Morgan fingerprint density at radius 1 is 1.17 bits per heavy atom. The lowest BCUT2D eigenvalue weighted by molar-refractivity contribution is 0.622. The van der Waals surface area contributed by atoms with E-state index in [1.165, 1.54) is 18.2 Å². The summed E-state index contributed by atoms with van der Waals surface area (Å²) in [6.45, 7) is 0. The van der Waals surface area contributed by atoms with Gasteiger partial charge < -0.3 is 0 Å². The van der Waals surface area contributed by atoms with E-state index in [0.717, 1.165) is 0 Å². The second kappa shape index (κ2) is 5.56. The van der Waals surface area contributed by atoms with Crippen molar-refractivity contribution in [3.05, 3.63) is 65.5 Å². The topological polar surface area (TPSA) is 40.9 Å². The largest absolute Gasteiger partial charge is 0.254 e. The second-order valence-corrected chi connectivity index (χ2v) is 5.17. The summed E-state index contributed by atoms with van der Waals surface area (Å²) in [5.74, 6) is -0.192. The van der Waals surface area contributed by atoms with Crippen LogP contribution in [0.25, 0.3) is 0 Å². The smallest absolute Gasteiger partial charge is 0.124 e. The third kappa shape index (κ3) is 2.82. The van der Waals surface area contributed by atoms with Crippen molar-refractivity contribution in [2.45, 2.75) is 10.6 Å². The zero-order valence-electron chi connectivity index (χ0n) is 9.47. The summed E-state index contributed by atoms with van der Waals surface area (Å²) in [5.41, 5.74) is 1.21. The first-order valence-corrected chi connectivity index (χ1v) is 6.64. The van der Waals surface area contributed by atoms with Gasteiger partial charge in [-0.3, -0.25) is 4.21 Å². The Hall–Kier alpha value is -1.99. The first-order chi connectivity index (χ1) is 8.70. The van der Waals surface area contributed by atoms with Gasteiger partial charge in [0.25, 0.3) is 0 Å². The summed E-state index contributed by atoms with van der Waals surface area (Å²) in [5, 5.41) is 8.94. The molecule has 0 N–H and O–H groups in total. The van der Waals surface area contributed by atoms with E-state index in [4.69, 9.17) is 5.26 Å². The predicted octanol–water partition coefficient (Wildman–Crippen LogP) is 3.01. The van der Waals surface area contributed by atoms with E-state index >= 15 is 0 Å². The highest BCUT2D eigenvalue weighted by Gasteiger charge is 2.09. The van der Waals surface area contributed by atoms with Crippen LogP contribution in [0.15, 0.2) is 53.4 Å². The van der Waals surface area contributed by atoms with Gasteiger partial charge in [-0.15, -0.1) is 0 Å². The van der Waals surface area contributed by atoms with Gasteiger partial charge in [-0.1, -0.05) is 24.3 Å². The van der Waals surface area contributed by atoms with Gasteiger partial charge in [-0.2, -0.15) is 5.26 Å². The van der Waals surface area contributed by atoms with Crippen molar-refractivity contribution >= 4 is 10.8 Å². The summed E-state index contributed by atoms with van der Waals surface area (Å²) in [7, 11) is -1.35. The van der Waals surface area contributed by atoms with Gasteiger partial charge in [0.1, 0.15) is 5.82 Å². The van der Waals surface area contributed by atoms with Crippen LogP contribution in [0.5, 0.6) is 0 Å². The first kappa shape index (κ1) is 12.5. The molecule has 2 rings (SSSR count). The lowest BCUT2D eigenvalue weighted by atomic mass is 10.1. The average molecular weight is 259 g/mol. The highest BCUT2D eigenvalue weighted by molar-refractivity contribution is 7.84. The molecule has 2 aromatic carbocycles. The van der Waals surface area contributed by atoms with Crippen molar-refractivity contribution in [1.82, 2.24) is 0 Å². The van der Waals surface area contributed by atoms with Crippen LogP contribution in [0.2, 0.25) is 0 Å². The van der Waals surface area contributed by atoms with Crippen molar-refractivity contribution in [3.8, 4) is 6.07 Å². The Labute approximate surface area is 107 Å². The highest BCUT2D eigenvalue weighted by atomic mass is 32.2. The number of rotatable bonds is 3. The quantitative estimate of drug-likeness (QED) is 0.850. The highest BCUT2D eigenvalue weighted by Crippen LogP contribution is 2.16. The second-order valence-electron chi connectivity index (χ2n) is 3.72. The van der Waals surface area contributed by atoms with Crippen molar-refractivity contribution < 1.29 is 8.60 Å². The van der Waals surface area contributed by atoms with Gasteiger partial charge in [0.05, 0.1) is 28.2 Å². The molecule has 90 valence electrons. The maximum absolute atomic E-state index is 13.0. The minimum atomic E-state index is -1.35. The fourth-order valence-corrected chi connectivity index (χ4v) is 2.76. The van der Waals surface area contributed by atoms with E-state index in [1.54, 1.807) is 30.3 Å². The fraction of sp³-hybridized carbons (Fsp3) is 0.0714. The molecule has 18 heavy (non-hydrogen) atoms. The van der Waals surface area contributed by atoms with Crippen LogP contribution >= 0.6 is 0 Å². The fourth-order valence-electron chi connectivity index (χ4n) is 1.59. The molecular formula is C14H10FNOS.